The van der Waals surface area contributed by atoms with Gasteiger partial charge >= 0.3 is 12.6 Å². The van der Waals surface area contributed by atoms with Crippen molar-refractivity contribution >= 4 is 12.0 Å². The maximum Gasteiger partial charge on any atom is 0.387 e. The minimum atomic E-state index is -2.82. The summed E-state index contributed by atoms with van der Waals surface area (Å²) in [6, 6.07) is 4.86. The van der Waals surface area contributed by atoms with E-state index in [4.69, 9.17) is 4.74 Å². The zero-order valence-corrected chi connectivity index (χ0v) is 11.4. The molecule has 108 valence electrons. The highest BCUT2D eigenvalue weighted by Crippen LogP contribution is 2.31. The minimum Gasteiger partial charge on any atom is -0.469 e. The lowest BCUT2D eigenvalue weighted by Crippen LogP contribution is -2.17. The number of fused-ring (bicyclic) bond motifs is 1. The molecule has 1 atom stereocenters. The first kappa shape index (κ1) is 14.5. The van der Waals surface area contributed by atoms with E-state index in [2.05, 4.69) is 4.74 Å². The number of rotatable bonds is 4. The van der Waals surface area contributed by atoms with Gasteiger partial charge in [0, 0.05) is 0 Å². The van der Waals surface area contributed by atoms with Crippen molar-refractivity contribution in [2.75, 3.05) is 7.11 Å². The summed E-state index contributed by atoms with van der Waals surface area (Å²) in [7, 11) is 1.37. The van der Waals surface area contributed by atoms with Crippen LogP contribution in [0.2, 0.25) is 0 Å². The molecule has 3 nitrogen and oxygen atoms in total. The molecule has 0 N–H and O–H groups in total. The van der Waals surface area contributed by atoms with Crippen LogP contribution in [0.5, 0.6) is 5.75 Å². The first-order valence-corrected chi connectivity index (χ1v) is 6.37. The molecule has 1 unspecified atom stereocenters. The summed E-state index contributed by atoms with van der Waals surface area (Å²) < 4.78 is 33.4. The Morgan fingerprint density at radius 2 is 2.05 bits per heavy atom. The Kier molecular flexibility index (Phi) is 4.37. The summed E-state index contributed by atoms with van der Waals surface area (Å²) >= 11 is 0. The predicted molar refractivity (Wildman–Crippen MR) is 70.6 cm³/mol. The van der Waals surface area contributed by atoms with Gasteiger partial charge in [-0.15, -0.1) is 0 Å². The van der Waals surface area contributed by atoms with Gasteiger partial charge in [0.25, 0.3) is 0 Å². The molecule has 5 heteroatoms. The minimum absolute atomic E-state index is 0.164. The highest BCUT2D eigenvalue weighted by Gasteiger charge is 2.21. The van der Waals surface area contributed by atoms with E-state index in [1.54, 1.807) is 19.1 Å². The quantitative estimate of drug-likeness (QED) is 0.794. The molecule has 0 amide bonds. The van der Waals surface area contributed by atoms with Gasteiger partial charge in [-0.2, -0.15) is 8.78 Å². The van der Waals surface area contributed by atoms with Gasteiger partial charge in [0.2, 0.25) is 0 Å². The van der Waals surface area contributed by atoms with Crippen LogP contribution in [-0.4, -0.2) is 19.7 Å². The van der Waals surface area contributed by atoms with Crippen LogP contribution in [0.15, 0.2) is 23.8 Å². The predicted octanol–water partition coefficient (Wildman–Crippen LogP) is 3.43. The first-order chi connectivity index (χ1) is 9.51. The van der Waals surface area contributed by atoms with Gasteiger partial charge in [-0.3, -0.25) is 4.79 Å². The molecular formula is C15H16F2O3. The van der Waals surface area contributed by atoms with Crippen LogP contribution in [0.4, 0.5) is 8.78 Å². The number of aryl methyl sites for hydroxylation is 1. The first-order valence-electron chi connectivity index (χ1n) is 6.37. The molecular weight excluding hydrogens is 266 g/mol. The van der Waals surface area contributed by atoms with E-state index < -0.39 is 6.61 Å². The zero-order valence-electron chi connectivity index (χ0n) is 11.4. The van der Waals surface area contributed by atoms with Crippen LogP contribution in [0, 0.1) is 5.92 Å². The van der Waals surface area contributed by atoms with Gasteiger partial charge in [0.1, 0.15) is 5.75 Å². The van der Waals surface area contributed by atoms with Crippen LogP contribution in [0.25, 0.3) is 6.08 Å². The third-order valence-electron chi connectivity index (χ3n) is 3.47. The van der Waals surface area contributed by atoms with Crippen molar-refractivity contribution in [3.05, 3.63) is 34.9 Å². The van der Waals surface area contributed by atoms with Gasteiger partial charge < -0.3 is 9.47 Å². The zero-order chi connectivity index (χ0) is 14.7. The van der Waals surface area contributed by atoms with E-state index in [1.807, 2.05) is 6.08 Å². The van der Waals surface area contributed by atoms with Gasteiger partial charge in [-0.25, -0.2) is 0 Å². The number of benzene rings is 1. The Hall–Kier alpha value is -1.91. The molecule has 0 aliphatic heterocycles. The molecule has 2 rings (SSSR count). The highest BCUT2D eigenvalue weighted by atomic mass is 19.3. The summed E-state index contributed by atoms with van der Waals surface area (Å²) in [5.74, 6) is -0.390. The molecule has 0 radical (unpaired) electrons. The molecule has 0 spiro atoms. The van der Waals surface area contributed by atoms with Gasteiger partial charge in [-0.05, 0) is 43.0 Å². The number of hydrogen-bond acceptors (Lipinski definition) is 3. The number of carbonyl (C=O) groups is 1. The third-order valence-corrected chi connectivity index (χ3v) is 3.47. The molecule has 1 aromatic carbocycles. The molecule has 0 saturated carbocycles. The van der Waals surface area contributed by atoms with Crippen molar-refractivity contribution in [1.29, 1.82) is 0 Å². The van der Waals surface area contributed by atoms with Crippen LogP contribution in [0.1, 0.15) is 24.5 Å². The van der Waals surface area contributed by atoms with Crippen LogP contribution < -0.4 is 4.74 Å². The number of esters is 1. The average Bonchev–Trinajstić information content (AvgIpc) is 2.44. The highest BCUT2D eigenvalue weighted by molar-refractivity contribution is 5.78. The number of carbonyl (C=O) groups excluding carboxylic acids is 1. The van der Waals surface area contributed by atoms with Crippen molar-refractivity contribution in [3.63, 3.8) is 0 Å². The molecule has 0 heterocycles. The lowest BCUT2D eigenvalue weighted by Gasteiger charge is -2.20. The van der Waals surface area contributed by atoms with E-state index in [0.29, 0.717) is 12.8 Å². The van der Waals surface area contributed by atoms with Gasteiger partial charge in [0.15, 0.2) is 0 Å². The standard InChI is InChI=1S/C15H16F2O3/c1-9(14(18)19-2)10-3-4-12-8-13(20-15(16)17)6-5-11(12)7-10/h5-9,15H,3-4H2,1-2H3. The van der Waals surface area contributed by atoms with Crippen LogP contribution in [-0.2, 0) is 16.0 Å². The fourth-order valence-corrected chi connectivity index (χ4v) is 2.34. The van der Waals surface area contributed by atoms with Crippen LogP contribution in [0.3, 0.4) is 0 Å². The Morgan fingerprint density at radius 1 is 1.30 bits per heavy atom. The summed E-state index contributed by atoms with van der Waals surface area (Å²) in [5.41, 5.74) is 2.87. The second-order valence-corrected chi connectivity index (χ2v) is 4.70. The second kappa shape index (κ2) is 6.03. The summed E-state index contributed by atoms with van der Waals surface area (Å²) in [6.45, 7) is -1.01. The van der Waals surface area contributed by atoms with E-state index in [0.717, 1.165) is 16.7 Å². The monoisotopic (exact) mass is 282 g/mol. The lowest BCUT2D eigenvalue weighted by atomic mass is 9.86. The van der Waals surface area contributed by atoms with E-state index >= 15 is 0 Å². The molecule has 20 heavy (non-hydrogen) atoms. The summed E-state index contributed by atoms with van der Waals surface area (Å²) in [6.07, 6.45) is 3.33. The fraction of sp³-hybridized carbons (Fsp3) is 0.400. The van der Waals surface area contributed by atoms with Crippen molar-refractivity contribution < 1.29 is 23.0 Å². The topological polar surface area (TPSA) is 35.5 Å². The molecule has 1 aliphatic rings. The van der Waals surface area contributed by atoms with Crippen molar-refractivity contribution in [2.45, 2.75) is 26.4 Å². The Labute approximate surface area is 116 Å². The molecule has 0 saturated heterocycles. The average molecular weight is 282 g/mol. The number of ether oxygens (including phenoxy) is 2. The Morgan fingerprint density at radius 3 is 2.70 bits per heavy atom. The summed E-state index contributed by atoms with van der Waals surface area (Å²) in [4.78, 5) is 11.5. The van der Waals surface area contributed by atoms with Crippen molar-refractivity contribution in [3.8, 4) is 5.75 Å². The lowest BCUT2D eigenvalue weighted by molar-refractivity contribution is -0.143. The van der Waals surface area contributed by atoms with E-state index in [-0.39, 0.29) is 17.6 Å². The molecule has 0 bridgehead atoms. The smallest absolute Gasteiger partial charge is 0.387 e. The fourth-order valence-electron chi connectivity index (χ4n) is 2.34. The van der Waals surface area contributed by atoms with Crippen molar-refractivity contribution in [1.82, 2.24) is 0 Å². The molecule has 1 aromatic rings. The maximum absolute atomic E-state index is 12.2. The second-order valence-electron chi connectivity index (χ2n) is 4.70. The summed E-state index contributed by atoms with van der Waals surface area (Å²) in [5, 5.41) is 0. The maximum atomic E-state index is 12.2. The molecule has 0 fully saturated rings. The van der Waals surface area contributed by atoms with Gasteiger partial charge in [-0.1, -0.05) is 17.7 Å². The molecule has 1 aliphatic carbocycles. The van der Waals surface area contributed by atoms with E-state index in [9.17, 15) is 13.6 Å². The van der Waals surface area contributed by atoms with E-state index in [1.165, 1.54) is 13.2 Å². The number of hydrogen-bond donors (Lipinski definition) is 0. The number of alkyl halides is 2. The Bertz CT molecular complexity index is 538. The normalized spacial score (nSPS) is 15.3. The third kappa shape index (κ3) is 3.15. The van der Waals surface area contributed by atoms with Crippen LogP contribution >= 0.6 is 0 Å². The van der Waals surface area contributed by atoms with Gasteiger partial charge in [0.05, 0.1) is 13.0 Å². The number of halogens is 2. The SMILES string of the molecule is COC(=O)C(C)C1=Cc2ccc(OC(F)F)cc2CC1. The number of methoxy groups -OCH3 is 1. The molecule has 0 aromatic heterocycles. The Balaban J connectivity index is 2.22. The largest absolute Gasteiger partial charge is 0.469 e. The van der Waals surface area contributed by atoms with Crippen molar-refractivity contribution in [2.24, 2.45) is 5.92 Å².